The van der Waals surface area contributed by atoms with Crippen LogP contribution < -0.4 is 0 Å². The molecular formula is C14H26. The fourth-order valence-corrected chi connectivity index (χ4v) is 1.74. The van der Waals surface area contributed by atoms with Crippen molar-refractivity contribution in [2.24, 2.45) is 17.8 Å². The zero-order chi connectivity index (χ0) is 11.1. The molecule has 0 N–H and O–H groups in total. The number of rotatable bonds is 6. The van der Waals surface area contributed by atoms with Crippen molar-refractivity contribution in [1.29, 1.82) is 0 Å². The molecule has 0 amide bonds. The Balaban J connectivity index is 4.37. The Labute approximate surface area is 90.8 Å². The number of allylic oxidation sites excluding steroid dienone is 2. The Kier molecular flexibility index (Phi) is 6.96. The molecule has 14 heavy (non-hydrogen) atoms. The van der Waals surface area contributed by atoms with E-state index in [-0.39, 0.29) is 0 Å². The second-order valence-electron chi connectivity index (χ2n) is 4.66. The molecule has 82 valence electrons. The molecule has 0 heterocycles. The van der Waals surface area contributed by atoms with Gasteiger partial charge in [0, 0.05) is 0 Å². The van der Waals surface area contributed by atoms with Gasteiger partial charge >= 0.3 is 0 Å². The minimum Gasteiger partial charge on any atom is -0.0820 e. The van der Waals surface area contributed by atoms with Crippen molar-refractivity contribution < 1.29 is 0 Å². The predicted octanol–water partition coefficient (Wildman–Crippen LogP) is 4.68. The molecule has 2 atom stereocenters. The SMILES string of the molecule is [CH2]C/C(=C/C(CC)CC([CH2])C)C(C)C. The van der Waals surface area contributed by atoms with Crippen LogP contribution in [0.25, 0.3) is 0 Å². The van der Waals surface area contributed by atoms with Crippen molar-refractivity contribution in [2.45, 2.75) is 47.0 Å². The molecule has 0 rings (SSSR count). The lowest BCUT2D eigenvalue weighted by molar-refractivity contribution is 0.488. The second kappa shape index (κ2) is 7.09. The van der Waals surface area contributed by atoms with Crippen LogP contribution in [0.2, 0.25) is 0 Å². The van der Waals surface area contributed by atoms with Gasteiger partial charge in [-0.25, -0.2) is 0 Å². The highest BCUT2D eigenvalue weighted by atomic mass is 14.1. The fraction of sp³-hybridized carbons (Fsp3) is 0.714. The van der Waals surface area contributed by atoms with Gasteiger partial charge < -0.3 is 0 Å². The van der Waals surface area contributed by atoms with Crippen LogP contribution in [0.4, 0.5) is 0 Å². The van der Waals surface area contributed by atoms with E-state index in [0.717, 1.165) is 6.42 Å². The molecule has 0 heteroatoms. The van der Waals surface area contributed by atoms with Crippen LogP contribution in [-0.2, 0) is 0 Å². The van der Waals surface area contributed by atoms with Crippen LogP contribution >= 0.6 is 0 Å². The molecule has 0 aliphatic rings. The molecule has 0 nitrogen and oxygen atoms in total. The van der Waals surface area contributed by atoms with Gasteiger partial charge in [0.1, 0.15) is 0 Å². The van der Waals surface area contributed by atoms with Gasteiger partial charge in [0.2, 0.25) is 0 Å². The van der Waals surface area contributed by atoms with Gasteiger partial charge in [-0.1, -0.05) is 46.3 Å². The minimum absolute atomic E-state index is 0.550. The summed E-state index contributed by atoms with van der Waals surface area (Å²) in [6, 6.07) is 0. The predicted molar refractivity (Wildman–Crippen MR) is 65.8 cm³/mol. The topological polar surface area (TPSA) is 0 Å². The summed E-state index contributed by atoms with van der Waals surface area (Å²) in [5, 5.41) is 0. The Morgan fingerprint density at radius 3 is 2.14 bits per heavy atom. The molecule has 0 aromatic carbocycles. The van der Waals surface area contributed by atoms with E-state index in [1.54, 1.807) is 0 Å². The number of hydrogen-bond acceptors (Lipinski definition) is 0. The smallest absolute Gasteiger partial charge is 0.0231 e. The maximum Gasteiger partial charge on any atom is -0.0231 e. The van der Waals surface area contributed by atoms with Crippen LogP contribution in [0, 0.1) is 31.6 Å². The summed E-state index contributed by atoms with van der Waals surface area (Å²) in [6.45, 7) is 17.0. The average molecular weight is 194 g/mol. The van der Waals surface area contributed by atoms with Crippen molar-refractivity contribution in [3.05, 3.63) is 25.5 Å². The zero-order valence-electron chi connectivity index (χ0n) is 10.3. The van der Waals surface area contributed by atoms with Crippen molar-refractivity contribution >= 4 is 0 Å². The van der Waals surface area contributed by atoms with E-state index in [2.05, 4.69) is 47.6 Å². The molecule has 0 aromatic heterocycles. The molecule has 0 bridgehead atoms. The molecule has 0 aliphatic carbocycles. The largest absolute Gasteiger partial charge is 0.0820 e. The first kappa shape index (κ1) is 13.7. The van der Waals surface area contributed by atoms with Crippen LogP contribution in [0.3, 0.4) is 0 Å². The first-order chi connectivity index (χ1) is 6.51. The Bertz CT molecular complexity index is 163. The monoisotopic (exact) mass is 194 g/mol. The van der Waals surface area contributed by atoms with Crippen LogP contribution in [-0.4, -0.2) is 0 Å². The van der Waals surface area contributed by atoms with Crippen LogP contribution in [0.15, 0.2) is 11.6 Å². The third-order valence-corrected chi connectivity index (χ3v) is 2.71. The summed E-state index contributed by atoms with van der Waals surface area (Å²) >= 11 is 0. The van der Waals surface area contributed by atoms with Crippen molar-refractivity contribution in [3.63, 3.8) is 0 Å². The average Bonchev–Trinajstić information content (AvgIpc) is 2.10. The van der Waals surface area contributed by atoms with Gasteiger partial charge in [0.05, 0.1) is 0 Å². The highest BCUT2D eigenvalue weighted by Crippen LogP contribution is 2.22. The van der Waals surface area contributed by atoms with E-state index < -0.39 is 0 Å². The summed E-state index contributed by atoms with van der Waals surface area (Å²) in [5.74, 6) is 1.89. The normalized spacial score (nSPS) is 15.3. The van der Waals surface area contributed by atoms with E-state index in [4.69, 9.17) is 0 Å². The molecule has 0 aromatic rings. The lowest BCUT2D eigenvalue weighted by Crippen LogP contribution is -2.04. The van der Waals surface area contributed by atoms with Gasteiger partial charge in [-0.2, -0.15) is 0 Å². The van der Waals surface area contributed by atoms with E-state index in [0.29, 0.717) is 17.8 Å². The molecule has 2 radical (unpaired) electrons. The van der Waals surface area contributed by atoms with E-state index in [9.17, 15) is 0 Å². The highest BCUT2D eigenvalue weighted by Gasteiger charge is 2.08. The van der Waals surface area contributed by atoms with E-state index >= 15 is 0 Å². The summed E-state index contributed by atoms with van der Waals surface area (Å²) in [5.41, 5.74) is 1.50. The lowest BCUT2D eigenvalue weighted by atomic mass is 9.89. The van der Waals surface area contributed by atoms with Gasteiger partial charge in [-0.05, 0) is 43.9 Å². The molecule has 0 spiro atoms. The molecule has 0 saturated carbocycles. The lowest BCUT2D eigenvalue weighted by Gasteiger charge is -2.17. The maximum atomic E-state index is 4.06. The first-order valence-electron chi connectivity index (χ1n) is 5.84. The van der Waals surface area contributed by atoms with E-state index in [1.165, 1.54) is 18.4 Å². The van der Waals surface area contributed by atoms with Crippen molar-refractivity contribution in [2.75, 3.05) is 0 Å². The quantitative estimate of drug-likeness (QED) is 0.539. The third-order valence-electron chi connectivity index (χ3n) is 2.71. The Morgan fingerprint density at radius 1 is 1.29 bits per heavy atom. The van der Waals surface area contributed by atoms with Gasteiger partial charge in [-0.3, -0.25) is 0 Å². The summed E-state index contributed by atoms with van der Waals surface area (Å²) in [4.78, 5) is 0. The molecule has 0 fully saturated rings. The fourth-order valence-electron chi connectivity index (χ4n) is 1.74. The highest BCUT2D eigenvalue weighted by molar-refractivity contribution is 5.07. The zero-order valence-corrected chi connectivity index (χ0v) is 10.3. The maximum absolute atomic E-state index is 4.06. The van der Waals surface area contributed by atoms with Gasteiger partial charge in [0.25, 0.3) is 0 Å². The minimum atomic E-state index is 0.550. The summed E-state index contributed by atoms with van der Waals surface area (Å²) in [6.07, 6.45) is 5.79. The molecular weight excluding hydrogens is 168 g/mol. The van der Waals surface area contributed by atoms with Crippen LogP contribution in [0.5, 0.6) is 0 Å². The summed E-state index contributed by atoms with van der Waals surface area (Å²) in [7, 11) is 0. The molecule has 0 aliphatic heterocycles. The standard InChI is InChI=1S/C14H26/c1-7-13(9-11(3)4)10-14(8-2)12(5)6/h10-13H,2-3,7-9H2,1,4-6H3/b14-10-. The molecule has 0 saturated heterocycles. The molecule has 2 unspecified atom stereocenters. The Hall–Kier alpha value is -0.260. The Morgan fingerprint density at radius 2 is 1.86 bits per heavy atom. The van der Waals surface area contributed by atoms with Crippen LogP contribution in [0.1, 0.15) is 47.0 Å². The van der Waals surface area contributed by atoms with Crippen molar-refractivity contribution in [1.82, 2.24) is 0 Å². The van der Waals surface area contributed by atoms with Crippen molar-refractivity contribution in [3.8, 4) is 0 Å². The van der Waals surface area contributed by atoms with Gasteiger partial charge in [0.15, 0.2) is 0 Å². The number of hydrogen-bond donors (Lipinski definition) is 0. The van der Waals surface area contributed by atoms with Gasteiger partial charge in [-0.15, -0.1) is 0 Å². The summed E-state index contributed by atoms with van der Waals surface area (Å²) < 4.78 is 0. The first-order valence-corrected chi connectivity index (χ1v) is 5.84. The van der Waals surface area contributed by atoms with E-state index in [1.807, 2.05) is 0 Å². The third kappa shape index (κ3) is 5.47. The second-order valence-corrected chi connectivity index (χ2v) is 4.66.